The van der Waals surface area contributed by atoms with E-state index in [2.05, 4.69) is 66.9 Å². The first-order valence-electron chi connectivity index (χ1n) is 17.6. The molecule has 8 heteroatoms. The Bertz CT molecular complexity index is 819. The van der Waals surface area contributed by atoms with E-state index in [0.29, 0.717) is 12.7 Å². The number of halogens is 2. The van der Waals surface area contributed by atoms with Crippen LogP contribution in [0.4, 0.5) is 8.78 Å². The Kier molecular flexibility index (Phi) is 44.5. The highest BCUT2D eigenvalue weighted by atomic mass is 19.1. The lowest BCUT2D eigenvalue weighted by molar-refractivity contribution is -0.109. The fourth-order valence-corrected chi connectivity index (χ4v) is 4.74. The average molecular weight is 666 g/mol. The van der Waals surface area contributed by atoms with Gasteiger partial charge >= 0.3 is 0 Å². The SMILES string of the molecule is C#CC.C/C=C(\C)F.C/C=C1/NCC(C)N/C1=N/CN.C1CCCCC1.C=C.C=C(C)F.CC1CCC(CCCCCNC=O)CC1. The van der Waals surface area contributed by atoms with Crippen LogP contribution in [0.25, 0.3) is 0 Å². The van der Waals surface area contributed by atoms with Crippen LogP contribution in [0.5, 0.6) is 0 Å². The van der Waals surface area contributed by atoms with Crippen LogP contribution in [0, 0.1) is 24.2 Å². The molecule has 1 amide bonds. The third-order valence-corrected chi connectivity index (χ3v) is 7.33. The van der Waals surface area contributed by atoms with Crippen LogP contribution in [0.15, 0.2) is 54.2 Å². The predicted octanol–water partition coefficient (Wildman–Crippen LogP) is 10.1. The molecule has 3 aliphatic rings. The summed E-state index contributed by atoms with van der Waals surface area (Å²) in [5, 5.41) is 9.24. The van der Waals surface area contributed by atoms with Gasteiger partial charge in [0.25, 0.3) is 0 Å². The zero-order valence-corrected chi connectivity index (χ0v) is 31.4. The fraction of sp³-hybridized carbons (Fsp3) is 0.692. The van der Waals surface area contributed by atoms with Crippen LogP contribution in [-0.2, 0) is 4.79 Å². The highest BCUT2D eigenvalue weighted by Gasteiger charge is 2.17. The lowest BCUT2D eigenvalue weighted by atomic mass is 9.80. The first kappa shape index (κ1) is 50.9. The molecule has 0 aromatic rings. The molecule has 1 aliphatic heterocycles. The second kappa shape index (κ2) is 41.1. The van der Waals surface area contributed by atoms with Crippen molar-refractivity contribution in [2.75, 3.05) is 19.8 Å². The first-order valence-corrected chi connectivity index (χ1v) is 17.6. The standard InChI is InChI=1S/C13H25NO.C8H16N4.C6H12.C4H7F.C3H5F.C3H4.C2H4/c1-12-6-8-13(9-7-12)5-3-2-4-10-14-11-15;1-3-7-8(11-5-9)12-6(2)4-10-7;1-2-4-6-5-3-1;1-3-4(2)5;1-3(2)4;1-3-2;1-2/h11-13H,2-10H2,1H3,(H,14,15);3,6,10H,4-5,9H2,1-2H3,(H,11,12);1-6H2;3H,1-2H3;1H2,2H3;1H,2H3;1-2H2/b;7-3+;;4-3+;;;. The number of amidine groups is 1. The Hall–Kier alpha value is -2.92. The van der Waals surface area contributed by atoms with Gasteiger partial charge in [0.1, 0.15) is 5.84 Å². The lowest BCUT2D eigenvalue weighted by Crippen LogP contribution is -2.49. The van der Waals surface area contributed by atoms with Crippen LogP contribution in [-0.4, -0.2) is 38.0 Å². The third kappa shape index (κ3) is 43.1. The highest BCUT2D eigenvalue weighted by Crippen LogP contribution is 2.31. The van der Waals surface area contributed by atoms with Gasteiger partial charge < -0.3 is 21.7 Å². The summed E-state index contributed by atoms with van der Waals surface area (Å²) in [6, 6.07) is 0.416. The van der Waals surface area contributed by atoms with Crippen molar-refractivity contribution in [3.63, 3.8) is 0 Å². The van der Waals surface area contributed by atoms with Gasteiger partial charge in [-0.15, -0.1) is 25.5 Å². The summed E-state index contributed by atoms with van der Waals surface area (Å²) >= 11 is 0. The number of allylic oxidation sites excluding steroid dienone is 4. The molecule has 2 aliphatic carbocycles. The van der Waals surface area contributed by atoms with Crippen molar-refractivity contribution in [1.82, 2.24) is 16.0 Å². The van der Waals surface area contributed by atoms with Crippen LogP contribution >= 0.6 is 0 Å². The topological polar surface area (TPSA) is 91.5 Å². The summed E-state index contributed by atoms with van der Waals surface area (Å²) in [7, 11) is 0. The Balaban J connectivity index is -0.000000256. The van der Waals surface area contributed by atoms with E-state index in [-0.39, 0.29) is 11.7 Å². The molecule has 3 rings (SSSR count). The Morgan fingerprint density at radius 3 is 1.87 bits per heavy atom. The zero-order chi connectivity index (χ0) is 36.7. The van der Waals surface area contributed by atoms with Gasteiger partial charge in [0.2, 0.25) is 6.41 Å². The molecule has 1 heterocycles. The minimum atomic E-state index is -0.333. The number of terminal acetylenes is 1. The minimum absolute atomic E-state index is 0.120. The number of nitrogens with two attached hydrogens (primary N) is 1. The summed E-state index contributed by atoms with van der Waals surface area (Å²) in [6.07, 6.45) is 28.8. The number of nitrogens with one attached hydrogen (secondary N) is 3. The van der Waals surface area contributed by atoms with E-state index in [4.69, 9.17) is 5.73 Å². The summed E-state index contributed by atoms with van der Waals surface area (Å²) < 4.78 is 22.1. The van der Waals surface area contributed by atoms with Gasteiger partial charge in [-0.1, -0.05) is 109 Å². The van der Waals surface area contributed by atoms with Crippen molar-refractivity contribution in [2.45, 2.75) is 144 Å². The van der Waals surface area contributed by atoms with E-state index in [1.54, 1.807) is 13.8 Å². The first-order chi connectivity index (χ1) is 22.5. The normalized spacial score (nSPS) is 21.2. The van der Waals surface area contributed by atoms with Crippen molar-refractivity contribution in [3.8, 4) is 12.3 Å². The van der Waals surface area contributed by atoms with Crippen LogP contribution in [0.3, 0.4) is 0 Å². The van der Waals surface area contributed by atoms with Gasteiger partial charge in [0.15, 0.2) is 0 Å². The number of aliphatic imine (C=N–C) groups is 1. The molecule has 1 saturated heterocycles. The third-order valence-electron chi connectivity index (χ3n) is 7.33. The van der Waals surface area contributed by atoms with Crippen molar-refractivity contribution in [1.29, 1.82) is 0 Å². The maximum atomic E-state index is 11.3. The molecule has 1 atom stereocenters. The maximum Gasteiger partial charge on any atom is 0.207 e. The molecule has 0 aromatic heterocycles. The fourth-order valence-electron chi connectivity index (χ4n) is 4.74. The van der Waals surface area contributed by atoms with Crippen LogP contribution in [0.2, 0.25) is 0 Å². The van der Waals surface area contributed by atoms with Crippen molar-refractivity contribution in [2.24, 2.45) is 22.6 Å². The molecule has 1 unspecified atom stereocenters. The van der Waals surface area contributed by atoms with E-state index >= 15 is 0 Å². The van der Waals surface area contributed by atoms with Gasteiger partial charge in [0.05, 0.1) is 24.0 Å². The predicted molar refractivity (Wildman–Crippen MR) is 204 cm³/mol. The number of hydrogen-bond donors (Lipinski definition) is 4. The molecule has 0 spiro atoms. The summed E-state index contributed by atoms with van der Waals surface area (Å²) in [6.45, 7) is 23.5. The Labute approximate surface area is 289 Å². The Morgan fingerprint density at radius 2 is 1.49 bits per heavy atom. The monoisotopic (exact) mass is 666 g/mol. The van der Waals surface area contributed by atoms with Crippen molar-refractivity contribution >= 4 is 12.2 Å². The summed E-state index contributed by atoms with van der Waals surface area (Å²) in [4.78, 5) is 14.1. The maximum absolute atomic E-state index is 11.3. The molecule has 274 valence electrons. The van der Waals surface area contributed by atoms with Gasteiger partial charge in [-0.25, -0.2) is 8.78 Å². The largest absolute Gasteiger partial charge is 0.380 e. The summed E-state index contributed by atoms with van der Waals surface area (Å²) in [5.41, 5.74) is 6.38. The average Bonchev–Trinajstić information content (AvgIpc) is 3.07. The van der Waals surface area contributed by atoms with Crippen LogP contribution in [0.1, 0.15) is 138 Å². The second-order valence-electron chi connectivity index (χ2n) is 11.8. The van der Waals surface area contributed by atoms with Gasteiger partial charge in [0, 0.05) is 19.1 Å². The number of unbranched alkanes of at least 4 members (excludes halogenated alkanes) is 2. The second-order valence-corrected chi connectivity index (χ2v) is 11.8. The quantitative estimate of drug-likeness (QED) is 0.0899. The number of amides is 1. The van der Waals surface area contributed by atoms with Crippen molar-refractivity contribution < 1.29 is 13.6 Å². The number of rotatable bonds is 8. The molecule has 0 radical (unpaired) electrons. The number of hydrogen-bond acceptors (Lipinski definition) is 4. The van der Waals surface area contributed by atoms with Gasteiger partial charge in [-0.3, -0.25) is 9.79 Å². The Morgan fingerprint density at radius 1 is 1.02 bits per heavy atom. The molecule has 5 N–H and O–H groups in total. The molecule has 0 bridgehead atoms. The number of piperazine rings is 1. The van der Waals surface area contributed by atoms with Crippen LogP contribution < -0.4 is 21.7 Å². The molecular formula is C39H73F2N5O. The smallest absolute Gasteiger partial charge is 0.207 e. The number of nitrogens with zero attached hydrogens (tertiary/aromatic N) is 1. The van der Waals surface area contributed by atoms with Gasteiger partial charge in [-0.2, -0.15) is 0 Å². The molecule has 2 saturated carbocycles. The van der Waals surface area contributed by atoms with E-state index in [0.717, 1.165) is 49.3 Å². The highest BCUT2D eigenvalue weighted by molar-refractivity contribution is 5.98. The molecule has 0 aromatic carbocycles. The zero-order valence-electron chi connectivity index (χ0n) is 31.4. The lowest BCUT2D eigenvalue weighted by Gasteiger charge is -2.26. The van der Waals surface area contributed by atoms with E-state index in [1.165, 1.54) is 103 Å². The van der Waals surface area contributed by atoms with Gasteiger partial charge in [-0.05, 0) is 59.8 Å². The molecule has 47 heavy (non-hydrogen) atoms. The van der Waals surface area contributed by atoms with E-state index in [1.807, 2.05) is 13.0 Å². The number of carbonyl (C=O) groups is 1. The van der Waals surface area contributed by atoms with E-state index < -0.39 is 0 Å². The summed E-state index contributed by atoms with van der Waals surface area (Å²) in [5.74, 6) is 4.64. The van der Waals surface area contributed by atoms with Crippen molar-refractivity contribution in [3.05, 3.63) is 49.2 Å². The minimum Gasteiger partial charge on any atom is -0.380 e. The number of carbonyl (C=O) groups excluding carboxylic acids is 1. The molecular weight excluding hydrogens is 592 g/mol. The van der Waals surface area contributed by atoms with E-state index in [9.17, 15) is 13.6 Å². The molecule has 3 fully saturated rings. The molecule has 6 nitrogen and oxygen atoms in total.